The third-order valence-corrected chi connectivity index (χ3v) is 3.55. The molecule has 0 saturated heterocycles. The molecule has 1 rings (SSSR count). The van der Waals surface area contributed by atoms with E-state index in [9.17, 15) is 0 Å². The Labute approximate surface area is 143 Å². The fraction of sp³-hybridized carbons (Fsp3) is 0.556. The summed E-state index contributed by atoms with van der Waals surface area (Å²) in [6, 6.07) is 9.96. The first-order chi connectivity index (χ1) is 9.55. The van der Waals surface area contributed by atoms with E-state index < -0.39 is 0 Å². The molecule has 0 saturated carbocycles. The average Bonchev–Trinajstić information content (AvgIpc) is 2.45. The van der Waals surface area contributed by atoms with Gasteiger partial charge in [0, 0.05) is 5.88 Å². The normalized spacial score (nSPS) is 10.1. The van der Waals surface area contributed by atoms with E-state index in [-0.39, 0.29) is 12.4 Å². The molecule has 0 spiro atoms. The fourth-order valence-corrected chi connectivity index (χ4v) is 2.15. The monoisotopic (exact) mass is 331 g/mol. The summed E-state index contributed by atoms with van der Waals surface area (Å²) in [5.74, 6) is 0.612. The van der Waals surface area contributed by atoms with Crippen molar-refractivity contribution < 1.29 is 16.9 Å². The minimum Gasteiger partial charge on any atom is -1.00 e. The molecular formula is C18H31Cl2N. The van der Waals surface area contributed by atoms with Crippen LogP contribution in [0, 0.1) is 0 Å². The fourth-order valence-electron chi connectivity index (χ4n) is 1.97. The molecule has 0 unspecified atom stereocenters. The van der Waals surface area contributed by atoms with E-state index in [0.717, 1.165) is 11.0 Å². The van der Waals surface area contributed by atoms with Gasteiger partial charge in [0.2, 0.25) is 0 Å². The highest BCUT2D eigenvalue weighted by Crippen LogP contribution is 2.05. The Morgan fingerprint density at radius 2 is 1.71 bits per heavy atom. The van der Waals surface area contributed by atoms with Gasteiger partial charge in [0.05, 0.1) is 27.2 Å². The van der Waals surface area contributed by atoms with Crippen molar-refractivity contribution in [2.45, 2.75) is 38.5 Å². The number of rotatable bonds is 8. The van der Waals surface area contributed by atoms with Crippen LogP contribution in [0.15, 0.2) is 43.0 Å². The third kappa shape index (κ3) is 14.2. The average molecular weight is 332 g/mol. The zero-order valence-electron chi connectivity index (χ0n) is 13.8. The van der Waals surface area contributed by atoms with Gasteiger partial charge in [-0.2, -0.15) is 0 Å². The minimum atomic E-state index is 0. The van der Waals surface area contributed by atoms with Crippen molar-refractivity contribution in [3.8, 4) is 0 Å². The van der Waals surface area contributed by atoms with Crippen molar-refractivity contribution in [1.29, 1.82) is 0 Å². The van der Waals surface area contributed by atoms with E-state index in [1.807, 2.05) is 36.4 Å². The molecule has 0 aliphatic heterocycles. The Hall–Kier alpha value is -0.500. The van der Waals surface area contributed by atoms with Gasteiger partial charge in [-0.15, -0.1) is 11.6 Å². The molecule has 1 aromatic rings. The number of benzene rings is 1. The van der Waals surface area contributed by atoms with Crippen molar-refractivity contribution in [1.82, 2.24) is 0 Å². The van der Waals surface area contributed by atoms with Gasteiger partial charge < -0.3 is 16.9 Å². The van der Waals surface area contributed by atoms with Gasteiger partial charge in [0.15, 0.2) is 0 Å². The van der Waals surface area contributed by atoms with Crippen LogP contribution in [0.4, 0.5) is 0 Å². The molecule has 0 amide bonds. The van der Waals surface area contributed by atoms with Gasteiger partial charge in [0.25, 0.3) is 0 Å². The topological polar surface area (TPSA) is 0 Å². The lowest BCUT2D eigenvalue weighted by Gasteiger charge is -2.28. The second-order valence-electron chi connectivity index (χ2n) is 5.81. The second-order valence-corrected chi connectivity index (χ2v) is 6.08. The van der Waals surface area contributed by atoms with Crippen LogP contribution in [0.25, 0.3) is 0 Å². The van der Waals surface area contributed by atoms with Crippen LogP contribution in [0.1, 0.15) is 38.2 Å². The van der Waals surface area contributed by atoms with E-state index in [1.54, 1.807) is 0 Å². The minimum absolute atomic E-state index is 0. The number of nitrogens with zero attached hydrogens (tertiary/aromatic N) is 1. The number of likely N-dealkylation sites (N-methyl/N-ethyl adjacent to an activating group) is 1. The molecule has 0 N–H and O–H groups in total. The molecule has 0 heterocycles. The molecular weight excluding hydrogens is 301 g/mol. The van der Waals surface area contributed by atoms with Crippen LogP contribution in [0.5, 0.6) is 0 Å². The van der Waals surface area contributed by atoms with Crippen LogP contribution in [-0.2, 0) is 5.88 Å². The number of unbranched alkanes of at least 4 members (excludes halogenated alkanes) is 3. The standard InChI is InChI=1S/C11H24N.C7H7Cl.ClH/c1-5-7-8-9-11-12(3,4)10-6-2;8-6-7-4-2-1-3-5-7;/h6H,2,5,7-11H2,1,3-4H3;1-5H,6H2;1H/q+1;;/p-1. The summed E-state index contributed by atoms with van der Waals surface area (Å²) in [5, 5.41) is 0. The van der Waals surface area contributed by atoms with Crippen molar-refractivity contribution in [2.24, 2.45) is 0 Å². The number of alkyl halides is 1. The van der Waals surface area contributed by atoms with Gasteiger partial charge in [-0.1, -0.05) is 56.7 Å². The smallest absolute Gasteiger partial charge is 0.0966 e. The first-order valence-corrected chi connectivity index (χ1v) is 8.12. The van der Waals surface area contributed by atoms with Gasteiger partial charge in [-0.25, -0.2) is 0 Å². The Bertz CT molecular complexity index is 336. The maximum absolute atomic E-state index is 5.53. The molecule has 3 heteroatoms. The summed E-state index contributed by atoms with van der Waals surface area (Å²) in [6.07, 6.45) is 7.47. The van der Waals surface area contributed by atoms with E-state index in [4.69, 9.17) is 11.6 Å². The second kappa shape index (κ2) is 14.4. The van der Waals surface area contributed by atoms with Gasteiger partial charge in [-0.05, 0) is 24.5 Å². The summed E-state index contributed by atoms with van der Waals surface area (Å²) in [5.41, 5.74) is 1.18. The molecule has 21 heavy (non-hydrogen) atoms. The van der Waals surface area contributed by atoms with Crippen molar-refractivity contribution in [2.75, 3.05) is 27.2 Å². The molecule has 1 nitrogen and oxygen atoms in total. The van der Waals surface area contributed by atoms with Crippen molar-refractivity contribution >= 4 is 11.6 Å². The Balaban J connectivity index is 0. The summed E-state index contributed by atoms with van der Waals surface area (Å²) in [6.45, 7) is 8.40. The SMILES string of the molecule is C=CC[N+](C)(C)CCCCCC.ClCc1ccccc1.[Cl-]. The summed E-state index contributed by atoms with van der Waals surface area (Å²) >= 11 is 5.53. The maximum Gasteiger partial charge on any atom is 0.0966 e. The Morgan fingerprint density at radius 3 is 2.14 bits per heavy atom. The third-order valence-electron chi connectivity index (χ3n) is 3.24. The number of hydrogen-bond acceptors (Lipinski definition) is 0. The Kier molecular flexibility index (Phi) is 15.7. The predicted octanol–water partition coefficient (Wildman–Crippen LogP) is 2.26. The van der Waals surface area contributed by atoms with Crippen LogP contribution >= 0.6 is 11.6 Å². The van der Waals surface area contributed by atoms with Crippen molar-refractivity contribution in [3.63, 3.8) is 0 Å². The maximum atomic E-state index is 5.53. The van der Waals surface area contributed by atoms with E-state index in [0.29, 0.717) is 5.88 Å². The molecule has 0 aliphatic rings. The zero-order valence-corrected chi connectivity index (χ0v) is 15.3. The predicted molar refractivity (Wildman–Crippen MR) is 92.2 cm³/mol. The quantitative estimate of drug-likeness (QED) is 0.296. The lowest BCUT2D eigenvalue weighted by molar-refractivity contribution is -0.884. The molecule has 0 aliphatic carbocycles. The molecule has 0 bridgehead atoms. The molecule has 0 fully saturated rings. The summed E-state index contributed by atoms with van der Waals surface area (Å²) in [4.78, 5) is 0. The van der Waals surface area contributed by atoms with Gasteiger partial charge in [0.1, 0.15) is 0 Å². The first kappa shape index (κ1) is 22.8. The summed E-state index contributed by atoms with van der Waals surface area (Å²) in [7, 11) is 4.54. The molecule has 0 atom stereocenters. The van der Waals surface area contributed by atoms with Crippen molar-refractivity contribution in [3.05, 3.63) is 48.6 Å². The number of quaternary nitrogens is 1. The molecule has 122 valence electrons. The first-order valence-electron chi connectivity index (χ1n) is 7.58. The lowest BCUT2D eigenvalue weighted by atomic mass is 10.2. The van der Waals surface area contributed by atoms with Gasteiger partial charge >= 0.3 is 0 Å². The van der Waals surface area contributed by atoms with Crippen LogP contribution in [0.2, 0.25) is 0 Å². The van der Waals surface area contributed by atoms with Crippen LogP contribution < -0.4 is 12.4 Å². The highest BCUT2D eigenvalue weighted by Gasteiger charge is 2.10. The van der Waals surface area contributed by atoms with Crippen LogP contribution in [-0.4, -0.2) is 31.7 Å². The molecule has 0 aromatic heterocycles. The number of halogens is 2. The highest BCUT2D eigenvalue weighted by atomic mass is 35.5. The molecule has 1 aromatic carbocycles. The van der Waals surface area contributed by atoms with E-state index >= 15 is 0 Å². The largest absolute Gasteiger partial charge is 1.00 e. The highest BCUT2D eigenvalue weighted by molar-refractivity contribution is 6.17. The van der Waals surface area contributed by atoms with E-state index in [1.165, 1.54) is 37.8 Å². The number of hydrogen-bond donors (Lipinski definition) is 0. The lowest BCUT2D eigenvalue weighted by Crippen LogP contribution is -3.00. The van der Waals surface area contributed by atoms with Crippen LogP contribution in [0.3, 0.4) is 0 Å². The molecule has 0 radical (unpaired) electrons. The zero-order chi connectivity index (χ0) is 15.3. The summed E-state index contributed by atoms with van der Waals surface area (Å²) < 4.78 is 1.09. The van der Waals surface area contributed by atoms with Gasteiger partial charge in [-0.3, -0.25) is 0 Å². The van der Waals surface area contributed by atoms with E-state index in [2.05, 4.69) is 27.6 Å². The Morgan fingerprint density at radius 1 is 1.10 bits per heavy atom.